The molecule has 2 nitrogen and oxygen atoms in total. The maximum atomic E-state index is 12.9. The normalized spacial score (nSPS) is 37.3. The lowest BCUT2D eigenvalue weighted by atomic mass is 9.46. The van der Waals surface area contributed by atoms with Crippen LogP contribution in [0.1, 0.15) is 66.2 Å². The molecular weight excluding hydrogens is 306 g/mol. The molecule has 1 fully saturated rings. The van der Waals surface area contributed by atoms with E-state index in [0.29, 0.717) is 24.3 Å². The summed E-state index contributed by atoms with van der Waals surface area (Å²) in [6.07, 6.45) is 17.1. The van der Waals surface area contributed by atoms with E-state index in [4.69, 9.17) is 6.42 Å². The Morgan fingerprint density at radius 1 is 1.40 bits per heavy atom. The first-order chi connectivity index (χ1) is 11.8. The van der Waals surface area contributed by atoms with Crippen LogP contribution in [0.4, 0.5) is 0 Å². The van der Waals surface area contributed by atoms with E-state index in [2.05, 4.69) is 51.1 Å². The summed E-state index contributed by atoms with van der Waals surface area (Å²) < 4.78 is 0. The van der Waals surface area contributed by atoms with Gasteiger partial charge in [-0.2, -0.15) is 0 Å². The van der Waals surface area contributed by atoms with Gasteiger partial charge in [-0.15, -0.1) is 6.42 Å². The van der Waals surface area contributed by atoms with E-state index in [1.54, 1.807) is 11.1 Å². The maximum Gasteiger partial charge on any atom is 0.227 e. The molecule has 0 aliphatic heterocycles. The third-order valence-corrected chi connectivity index (χ3v) is 7.45. The van der Waals surface area contributed by atoms with Gasteiger partial charge in [-0.05, 0) is 60.8 Å². The van der Waals surface area contributed by atoms with Crippen LogP contribution in [0.25, 0.3) is 0 Å². The van der Waals surface area contributed by atoms with Crippen LogP contribution in [0.15, 0.2) is 23.3 Å². The third-order valence-electron chi connectivity index (χ3n) is 7.45. The molecule has 3 aliphatic rings. The molecule has 0 aromatic heterocycles. The summed E-state index contributed by atoms with van der Waals surface area (Å²) in [5.41, 5.74) is 3.06. The Bertz CT molecular complexity index is 649. The second-order valence-corrected chi connectivity index (χ2v) is 9.12. The maximum absolute atomic E-state index is 12.9. The Labute approximate surface area is 153 Å². The first-order valence-electron chi connectivity index (χ1n) is 9.95. The molecule has 1 saturated carbocycles. The smallest absolute Gasteiger partial charge is 0.227 e. The summed E-state index contributed by atoms with van der Waals surface area (Å²) in [5, 5.41) is 2.98. The van der Waals surface area contributed by atoms with Gasteiger partial charge in [0.05, 0.1) is 12.0 Å². The van der Waals surface area contributed by atoms with Gasteiger partial charge in [-0.25, -0.2) is 0 Å². The molecule has 0 aromatic rings. The lowest BCUT2D eigenvalue weighted by Crippen LogP contribution is -2.55. The van der Waals surface area contributed by atoms with Crippen LogP contribution in [0.5, 0.6) is 0 Å². The van der Waals surface area contributed by atoms with Gasteiger partial charge in [0.15, 0.2) is 0 Å². The second kappa shape index (κ2) is 6.67. The van der Waals surface area contributed by atoms with Crippen LogP contribution in [-0.4, -0.2) is 12.5 Å². The van der Waals surface area contributed by atoms with Gasteiger partial charge < -0.3 is 5.32 Å². The van der Waals surface area contributed by atoms with E-state index in [-0.39, 0.29) is 16.7 Å². The van der Waals surface area contributed by atoms with Crippen molar-refractivity contribution in [1.82, 2.24) is 5.32 Å². The fraction of sp³-hybridized carbons (Fsp3) is 0.696. The summed E-state index contributed by atoms with van der Waals surface area (Å²) >= 11 is 0. The molecule has 4 atom stereocenters. The molecule has 1 amide bonds. The highest BCUT2D eigenvalue weighted by Gasteiger charge is 2.56. The Hall–Kier alpha value is -1.49. The lowest BCUT2D eigenvalue weighted by Gasteiger charge is -2.57. The first kappa shape index (κ1) is 18.3. The number of hydrogen-bond donors (Lipinski definition) is 1. The largest absolute Gasteiger partial charge is 0.345 e. The summed E-state index contributed by atoms with van der Waals surface area (Å²) in [4.78, 5) is 12.9. The molecule has 0 saturated heterocycles. The van der Waals surface area contributed by atoms with E-state index < -0.39 is 0 Å². The van der Waals surface area contributed by atoms with Crippen molar-refractivity contribution in [3.05, 3.63) is 23.3 Å². The van der Waals surface area contributed by atoms with Crippen LogP contribution in [-0.2, 0) is 4.79 Å². The van der Waals surface area contributed by atoms with Crippen molar-refractivity contribution in [3.8, 4) is 12.3 Å². The molecule has 0 spiro atoms. The topological polar surface area (TPSA) is 29.1 Å². The SMILES string of the molecule is C#CCNC(=O)[C@]1(C)CCC[C@@]2(C)[C@H]1CC=C1C=C(C(C)C)CC[C@@H]12. The van der Waals surface area contributed by atoms with E-state index in [9.17, 15) is 4.79 Å². The highest BCUT2D eigenvalue weighted by Crippen LogP contribution is 2.62. The minimum Gasteiger partial charge on any atom is -0.345 e. The van der Waals surface area contributed by atoms with Gasteiger partial charge in [0.1, 0.15) is 0 Å². The molecule has 1 N–H and O–H groups in total. The minimum atomic E-state index is -0.298. The fourth-order valence-corrected chi connectivity index (χ4v) is 5.95. The molecule has 0 unspecified atom stereocenters. The highest BCUT2D eigenvalue weighted by molar-refractivity contribution is 5.83. The first-order valence-corrected chi connectivity index (χ1v) is 9.95. The zero-order chi connectivity index (χ0) is 18.2. The predicted molar refractivity (Wildman–Crippen MR) is 104 cm³/mol. The molecule has 3 rings (SSSR count). The molecule has 0 radical (unpaired) electrons. The minimum absolute atomic E-state index is 0.160. The van der Waals surface area contributed by atoms with Crippen molar-refractivity contribution in [2.24, 2.45) is 28.6 Å². The van der Waals surface area contributed by atoms with Crippen LogP contribution in [0.2, 0.25) is 0 Å². The average molecular weight is 340 g/mol. The standard InChI is InChI=1S/C23H33NO/c1-6-14-24-21(25)23(5)13-7-12-22(4)19-10-8-17(16(2)3)15-18(19)9-11-20(22)23/h1,9,15-16,19-20H,7-8,10-14H2,2-5H3,(H,24,25)/t19-,20+,22+,23+/m0/s1. The molecule has 2 heteroatoms. The van der Waals surface area contributed by atoms with E-state index in [1.165, 1.54) is 19.3 Å². The van der Waals surface area contributed by atoms with E-state index >= 15 is 0 Å². The van der Waals surface area contributed by atoms with Crippen molar-refractivity contribution in [2.75, 3.05) is 6.54 Å². The molecule has 0 heterocycles. The van der Waals surface area contributed by atoms with Crippen molar-refractivity contribution in [3.63, 3.8) is 0 Å². The molecule has 0 bridgehead atoms. The summed E-state index contributed by atoms with van der Waals surface area (Å²) in [5.74, 6) is 4.36. The molecular formula is C23H33NO. The van der Waals surface area contributed by atoms with Crippen molar-refractivity contribution in [2.45, 2.75) is 66.2 Å². The summed E-state index contributed by atoms with van der Waals surface area (Å²) in [6, 6.07) is 0. The molecule has 3 aliphatic carbocycles. The number of rotatable bonds is 3. The number of carbonyl (C=O) groups is 1. The van der Waals surface area contributed by atoms with Crippen LogP contribution in [0, 0.1) is 40.9 Å². The quantitative estimate of drug-likeness (QED) is 0.730. The van der Waals surface area contributed by atoms with Gasteiger partial charge in [-0.1, -0.05) is 57.8 Å². The van der Waals surface area contributed by atoms with Crippen LogP contribution >= 0.6 is 0 Å². The zero-order valence-electron chi connectivity index (χ0n) is 16.3. The van der Waals surface area contributed by atoms with Gasteiger partial charge in [0.25, 0.3) is 0 Å². The fourth-order valence-electron chi connectivity index (χ4n) is 5.95. The third kappa shape index (κ3) is 2.97. The number of amides is 1. The van der Waals surface area contributed by atoms with Crippen molar-refractivity contribution >= 4 is 5.91 Å². The number of nitrogens with one attached hydrogen (secondary N) is 1. The van der Waals surface area contributed by atoms with Gasteiger partial charge in [0, 0.05) is 0 Å². The second-order valence-electron chi connectivity index (χ2n) is 9.12. The van der Waals surface area contributed by atoms with Crippen molar-refractivity contribution in [1.29, 1.82) is 0 Å². The van der Waals surface area contributed by atoms with E-state index in [1.807, 2.05) is 0 Å². The Morgan fingerprint density at radius 2 is 2.16 bits per heavy atom. The molecule has 0 aromatic carbocycles. The average Bonchev–Trinajstić information content (AvgIpc) is 2.58. The van der Waals surface area contributed by atoms with Gasteiger partial charge in [-0.3, -0.25) is 4.79 Å². The number of fused-ring (bicyclic) bond motifs is 3. The predicted octanol–water partition coefficient (Wildman–Crippen LogP) is 4.87. The Balaban J connectivity index is 1.93. The lowest BCUT2D eigenvalue weighted by molar-refractivity contribution is -0.143. The molecule has 25 heavy (non-hydrogen) atoms. The van der Waals surface area contributed by atoms with Crippen LogP contribution < -0.4 is 5.32 Å². The monoisotopic (exact) mass is 339 g/mol. The zero-order valence-corrected chi connectivity index (χ0v) is 16.3. The Kier molecular flexibility index (Phi) is 4.89. The van der Waals surface area contributed by atoms with Crippen LogP contribution in [0.3, 0.4) is 0 Å². The van der Waals surface area contributed by atoms with Gasteiger partial charge >= 0.3 is 0 Å². The number of hydrogen-bond acceptors (Lipinski definition) is 1. The highest BCUT2D eigenvalue weighted by atomic mass is 16.2. The summed E-state index contributed by atoms with van der Waals surface area (Å²) in [6.45, 7) is 9.57. The van der Waals surface area contributed by atoms with E-state index in [0.717, 1.165) is 19.3 Å². The Morgan fingerprint density at radius 3 is 2.84 bits per heavy atom. The van der Waals surface area contributed by atoms with Gasteiger partial charge in [0.2, 0.25) is 5.91 Å². The number of carbonyl (C=O) groups excluding carboxylic acids is 1. The van der Waals surface area contributed by atoms with Crippen molar-refractivity contribution < 1.29 is 4.79 Å². The number of allylic oxidation sites excluding steroid dienone is 4. The number of terminal acetylenes is 1. The molecule has 136 valence electrons. The summed E-state index contributed by atoms with van der Waals surface area (Å²) in [7, 11) is 0.